The maximum Gasteiger partial charge on any atom is 0.103 e. The second-order valence-corrected chi connectivity index (χ2v) is 6.73. The SMILES string of the molecule is Cc1cccc(-c2cc(NCCc3ccc(C(N)=S)cc3)c[nH]2)c1C. The molecule has 0 amide bonds. The summed E-state index contributed by atoms with van der Waals surface area (Å²) in [6.07, 6.45) is 2.97. The van der Waals surface area contributed by atoms with Gasteiger partial charge in [-0.15, -0.1) is 0 Å². The normalized spacial score (nSPS) is 10.6. The van der Waals surface area contributed by atoms with Gasteiger partial charge in [-0.1, -0.05) is 54.7 Å². The molecule has 3 aromatic rings. The molecule has 0 fully saturated rings. The predicted octanol–water partition coefficient (Wildman–Crippen LogP) is 4.59. The number of aromatic amines is 1. The molecule has 0 atom stereocenters. The van der Waals surface area contributed by atoms with E-state index in [0.717, 1.165) is 29.9 Å². The largest absolute Gasteiger partial charge is 0.389 e. The third-order valence-corrected chi connectivity index (χ3v) is 4.79. The van der Waals surface area contributed by atoms with E-state index in [4.69, 9.17) is 18.0 Å². The Labute approximate surface area is 154 Å². The van der Waals surface area contributed by atoms with Gasteiger partial charge in [-0.2, -0.15) is 0 Å². The fourth-order valence-electron chi connectivity index (χ4n) is 2.88. The van der Waals surface area contributed by atoms with Gasteiger partial charge in [0, 0.05) is 29.6 Å². The van der Waals surface area contributed by atoms with Gasteiger partial charge < -0.3 is 16.0 Å². The number of benzene rings is 2. The fraction of sp³-hybridized carbons (Fsp3) is 0.190. The van der Waals surface area contributed by atoms with Crippen molar-refractivity contribution >= 4 is 22.9 Å². The summed E-state index contributed by atoms with van der Waals surface area (Å²) < 4.78 is 0. The number of anilines is 1. The van der Waals surface area contributed by atoms with E-state index in [2.05, 4.69) is 60.5 Å². The number of nitrogens with one attached hydrogen (secondary N) is 2. The molecule has 3 rings (SSSR count). The number of aryl methyl sites for hydroxylation is 1. The van der Waals surface area contributed by atoms with Crippen molar-refractivity contribution < 1.29 is 0 Å². The highest BCUT2D eigenvalue weighted by Gasteiger charge is 2.06. The maximum absolute atomic E-state index is 5.63. The fourth-order valence-corrected chi connectivity index (χ4v) is 3.02. The molecule has 0 aliphatic rings. The lowest BCUT2D eigenvalue weighted by atomic mass is 10.0. The smallest absolute Gasteiger partial charge is 0.103 e. The Morgan fingerprint density at radius 1 is 1.12 bits per heavy atom. The minimum Gasteiger partial charge on any atom is -0.389 e. The van der Waals surface area contributed by atoms with E-state index in [1.165, 1.54) is 22.3 Å². The molecule has 0 unspecified atom stereocenters. The summed E-state index contributed by atoms with van der Waals surface area (Å²) in [4.78, 5) is 3.81. The van der Waals surface area contributed by atoms with Crippen molar-refractivity contribution in [2.75, 3.05) is 11.9 Å². The van der Waals surface area contributed by atoms with Crippen molar-refractivity contribution in [1.29, 1.82) is 0 Å². The first-order valence-corrected chi connectivity index (χ1v) is 8.83. The Bertz CT molecular complexity index is 878. The van der Waals surface area contributed by atoms with Gasteiger partial charge in [0.05, 0.1) is 5.69 Å². The molecule has 0 spiro atoms. The first-order chi connectivity index (χ1) is 12.0. The second-order valence-electron chi connectivity index (χ2n) is 6.29. The monoisotopic (exact) mass is 349 g/mol. The lowest BCUT2D eigenvalue weighted by molar-refractivity contribution is 1.02. The predicted molar refractivity (Wildman–Crippen MR) is 110 cm³/mol. The molecule has 128 valence electrons. The van der Waals surface area contributed by atoms with Crippen LogP contribution >= 0.6 is 12.2 Å². The Balaban J connectivity index is 1.60. The van der Waals surface area contributed by atoms with Crippen LogP contribution in [0.3, 0.4) is 0 Å². The molecule has 0 saturated heterocycles. The number of rotatable bonds is 6. The highest BCUT2D eigenvalue weighted by molar-refractivity contribution is 7.80. The molecule has 4 heteroatoms. The van der Waals surface area contributed by atoms with Gasteiger partial charge in [-0.3, -0.25) is 0 Å². The molecule has 25 heavy (non-hydrogen) atoms. The van der Waals surface area contributed by atoms with Crippen LogP contribution in [0.2, 0.25) is 0 Å². The summed E-state index contributed by atoms with van der Waals surface area (Å²) in [7, 11) is 0. The molecule has 0 saturated carbocycles. The Morgan fingerprint density at radius 3 is 2.60 bits per heavy atom. The molecule has 3 nitrogen and oxygen atoms in total. The topological polar surface area (TPSA) is 53.8 Å². The first kappa shape index (κ1) is 17.2. The highest BCUT2D eigenvalue weighted by Crippen LogP contribution is 2.26. The molecule has 4 N–H and O–H groups in total. The average molecular weight is 350 g/mol. The lowest BCUT2D eigenvalue weighted by Gasteiger charge is -2.07. The number of thiocarbonyl (C=S) groups is 1. The highest BCUT2D eigenvalue weighted by atomic mass is 32.1. The van der Waals surface area contributed by atoms with Crippen molar-refractivity contribution in [1.82, 2.24) is 4.98 Å². The van der Waals surface area contributed by atoms with Crippen molar-refractivity contribution in [3.8, 4) is 11.3 Å². The van der Waals surface area contributed by atoms with Gasteiger partial charge in [0.15, 0.2) is 0 Å². The van der Waals surface area contributed by atoms with Gasteiger partial charge in [0.2, 0.25) is 0 Å². The molecule has 0 bridgehead atoms. The van der Waals surface area contributed by atoms with Crippen molar-refractivity contribution in [2.45, 2.75) is 20.3 Å². The Hall–Kier alpha value is -2.59. The van der Waals surface area contributed by atoms with E-state index in [1.807, 2.05) is 18.3 Å². The Morgan fingerprint density at radius 2 is 1.88 bits per heavy atom. The number of hydrogen-bond donors (Lipinski definition) is 3. The molecule has 0 aliphatic carbocycles. The molecular weight excluding hydrogens is 326 g/mol. The Kier molecular flexibility index (Phi) is 5.19. The second kappa shape index (κ2) is 7.53. The number of hydrogen-bond acceptors (Lipinski definition) is 2. The quantitative estimate of drug-likeness (QED) is 0.571. The van der Waals surface area contributed by atoms with Crippen LogP contribution in [0, 0.1) is 13.8 Å². The van der Waals surface area contributed by atoms with Gasteiger partial charge in [0.1, 0.15) is 4.99 Å². The minimum absolute atomic E-state index is 0.441. The van der Waals surface area contributed by atoms with Crippen LogP contribution in [-0.4, -0.2) is 16.5 Å². The molecular formula is C21H23N3S. The summed E-state index contributed by atoms with van der Waals surface area (Å²) in [6.45, 7) is 5.18. The van der Waals surface area contributed by atoms with Crippen LogP contribution in [0.4, 0.5) is 5.69 Å². The van der Waals surface area contributed by atoms with Gasteiger partial charge in [-0.25, -0.2) is 0 Å². The number of aromatic nitrogens is 1. The van der Waals surface area contributed by atoms with Crippen LogP contribution in [-0.2, 0) is 6.42 Å². The molecule has 1 aromatic heterocycles. The van der Waals surface area contributed by atoms with E-state index >= 15 is 0 Å². The summed E-state index contributed by atoms with van der Waals surface area (Å²) in [5.74, 6) is 0. The molecule has 1 heterocycles. The number of nitrogens with two attached hydrogens (primary N) is 1. The molecule has 0 radical (unpaired) electrons. The van der Waals surface area contributed by atoms with Crippen LogP contribution in [0.15, 0.2) is 54.7 Å². The summed E-state index contributed by atoms with van der Waals surface area (Å²) in [5.41, 5.74) is 13.9. The van der Waals surface area contributed by atoms with Crippen molar-refractivity contribution in [3.63, 3.8) is 0 Å². The van der Waals surface area contributed by atoms with E-state index in [-0.39, 0.29) is 0 Å². The van der Waals surface area contributed by atoms with Crippen LogP contribution in [0.1, 0.15) is 22.3 Å². The first-order valence-electron chi connectivity index (χ1n) is 8.42. The summed E-state index contributed by atoms with van der Waals surface area (Å²) >= 11 is 4.98. The maximum atomic E-state index is 5.63. The molecule has 0 aliphatic heterocycles. The van der Waals surface area contributed by atoms with E-state index in [0.29, 0.717) is 4.99 Å². The summed E-state index contributed by atoms with van der Waals surface area (Å²) in [5, 5.41) is 3.47. The van der Waals surface area contributed by atoms with Crippen molar-refractivity contribution in [3.05, 3.63) is 77.0 Å². The van der Waals surface area contributed by atoms with Gasteiger partial charge in [0.25, 0.3) is 0 Å². The van der Waals surface area contributed by atoms with E-state index in [1.54, 1.807) is 0 Å². The molecule has 2 aromatic carbocycles. The van der Waals surface area contributed by atoms with Crippen molar-refractivity contribution in [2.24, 2.45) is 5.73 Å². The zero-order valence-corrected chi connectivity index (χ0v) is 15.4. The minimum atomic E-state index is 0.441. The third kappa shape index (κ3) is 4.09. The van der Waals surface area contributed by atoms with Crippen LogP contribution < -0.4 is 11.1 Å². The zero-order valence-electron chi connectivity index (χ0n) is 14.6. The zero-order chi connectivity index (χ0) is 17.8. The van der Waals surface area contributed by atoms with Gasteiger partial charge >= 0.3 is 0 Å². The lowest BCUT2D eigenvalue weighted by Crippen LogP contribution is -2.09. The van der Waals surface area contributed by atoms with E-state index < -0.39 is 0 Å². The van der Waals surface area contributed by atoms with E-state index in [9.17, 15) is 0 Å². The average Bonchev–Trinajstić information content (AvgIpc) is 3.06. The van der Waals surface area contributed by atoms with Crippen LogP contribution in [0.5, 0.6) is 0 Å². The van der Waals surface area contributed by atoms with Crippen LogP contribution in [0.25, 0.3) is 11.3 Å². The third-order valence-electron chi connectivity index (χ3n) is 4.56. The number of H-pyrrole nitrogens is 1. The van der Waals surface area contributed by atoms with Gasteiger partial charge in [-0.05, 0) is 43.0 Å². The summed E-state index contributed by atoms with van der Waals surface area (Å²) in [6, 6.07) is 16.7. The standard InChI is InChI=1S/C21H23N3S/c1-14-4-3-5-19(15(14)2)20-12-18(13-24-20)23-11-10-16-6-8-17(9-7-16)21(22)25/h3-9,12-13,23-24H,10-11H2,1-2H3,(H2,22,25).